The number of morpholine rings is 1. The third kappa shape index (κ3) is 2.03. The normalized spacial score (nSPS) is 16.4. The number of rotatable bonds is 2. The lowest BCUT2D eigenvalue weighted by Gasteiger charge is -2.27. The van der Waals surface area contributed by atoms with Crippen LogP contribution >= 0.6 is 11.6 Å². The second-order valence-electron chi connectivity index (χ2n) is 4.00. The monoisotopic (exact) mass is 269 g/mol. The van der Waals surface area contributed by atoms with Crippen LogP contribution in [0.4, 0.5) is 5.82 Å². The van der Waals surface area contributed by atoms with Crippen molar-refractivity contribution in [2.24, 2.45) is 0 Å². The Balaban J connectivity index is 2.10. The third-order valence-electron chi connectivity index (χ3n) is 2.84. The molecule has 0 amide bonds. The lowest BCUT2D eigenvalue weighted by molar-refractivity contribution is 0.122. The van der Waals surface area contributed by atoms with E-state index in [0.29, 0.717) is 35.9 Å². The maximum absolute atomic E-state index is 9.10. The van der Waals surface area contributed by atoms with Crippen molar-refractivity contribution in [3.05, 3.63) is 17.1 Å². The predicted molar refractivity (Wildman–Crippen MR) is 65.8 cm³/mol. The van der Waals surface area contributed by atoms with Gasteiger partial charge in [0.05, 0.1) is 13.2 Å². The maximum Gasteiger partial charge on any atom is 0.225 e. The minimum atomic E-state index is -0.170. The number of ether oxygens (including phenoxy) is 1. The van der Waals surface area contributed by atoms with E-state index in [9.17, 15) is 0 Å². The zero-order chi connectivity index (χ0) is 12.5. The Morgan fingerprint density at radius 2 is 2.11 bits per heavy atom. The summed E-state index contributed by atoms with van der Waals surface area (Å²) in [6, 6.07) is 1.67. The molecule has 6 nitrogen and oxygen atoms in total. The molecule has 7 heteroatoms. The van der Waals surface area contributed by atoms with Crippen molar-refractivity contribution in [3.8, 4) is 0 Å². The zero-order valence-corrected chi connectivity index (χ0v) is 10.4. The summed E-state index contributed by atoms with van der Waals surface area (Å²) in [5.41, 5.74) is 1.17. The SMILES string of the molecule is OCc1cc2nc(Cl)nc(N3CCOCC3)c2o1. The van der Waals surface area contributed by atoms with E-state index in [0.717, 1.165) is 13.1 Å². The lowest BCUT2D eigenvalue weighted by Crippen LogP contribution is -2.36. The molecule has 0 aliphatic carbocycles. The van der Waals surface area contributed by atoms with Crippen LogP contribution in [0.2, 0.25) is 5.28 Å². The van der Waals surface area contributed by atoms with Gasteiger partial charge in [-0.15, -0.1) is 0 Å². The predicted octanol–water partition coefficient (Wildman–Crippen LogP) is 1.21. The Morgan fingerprint density at radius 3 is 2.83 bits per heavy atom. The minimum Gasteiger partial charge on any atom is -0.453 e. The first-order valence-electron chi connectivity index (χ1n) is 5.67. The van der Waals surface area contributed by atoms with Gasteiger partial charge in [0.1, 0.15) is 17.9 Å². The fourth-order valence-electron chi connectivity index (χ4n) is 2.00. The molecule has 0 unspecified atom stereocenters. The van der Waals surface area contributed by atoms with Crippen molar-refractivity contribution in [2.75, 3.05) is 31.2 Å². The van der Waals surface area contributed by atoms with Crippen molar-refractivity contribution < 1.29 is 14.3 Å². The molecule has 2 aromatic rings. The smallest absolute Gasteiger partial charge is 0.225 e. The fraction of sp³-hybridized carbons (Fsp3) is 0.455. The van der Waals surface area contributed by atoms with Gasteiger partial charge in [-0.05, 0) is 11.6 Å². The van der Waals surface area contributed by atoms with E-state index in [1.807, 2.05) is 4.90 Å². The molecule has 0 spiro atoms. The van der Waals surface area contributed by atoms with Gasteiger partial charge in [-0.1, -0.05) is 0 Å². The molecule has 1 fully saturated rings. The number of anilines is 1. The van der Waals surface area contributed by atoms with E-state index in [-0.39, 0.29) is 11.9 Å². The van der Waals surface area contributed by atoms with Gasteiger partial charge in [-0.3, -0.25) is 0 Å². The first kappa shape index (κ1) is 11.7. The van der Waals surface area contributed by atoms with E-state index in [1.165, 1.54) is 0 Å². The minimum absolute atomic E-state index is 0.170. The molecule has 0 aromatic carbocycles. The first-order chi connectivity index (χ1) is 8.78. The van der Waals surface area contributed by atoms with E-state index in [1.54, 1.807) is 6.07 Å². The highest BCUT2D eigenvalue weighted by atomic mass is 35.5. The van der Waals surface area contributed by atoms with Gasteiger partial charge in [-0.2, -0.15) is 4.98 Å². The van der Waals surface area contributed by atoms with Crippen LogP contribution in [-0.2, 0) is 11.3 Å². The highest BCUT2D eigenvalue weighted by molar-refractivity contribution is 6.28. The van der Waals surface area contributed by atoms with Gasteiger partial charge in [0, 0.05) is 19.2 Å². The average molecular weight is 270 g/mol. The number of aliphatic hydroxyl groups excluding tert-OH is 1. The molecule has 1 N–H and O–H groups in total. The third-order valence-corrected chi connectivity index (χ3v) is 3.01. The van der Waals surface area contributed by atoms with Crippen LogP contribution in [0.1, 0.15) is 5.76 Å². The number of fused-ring (bicyclic) bond motifs is 1. The summed E-state index contributed by atoms with van der Waals surface area (Å²) in [5, 5.41) is 9.28. The van der Waals surface area contributed by atoms with E-state index in [2.05, 4.69) is 9.97 Å². The van der Waals surface area contributed by atoms with Crippen molar-refractivity contribution in [3.63, 3.8) is 0 Å². The number of furan rings is 1. The van der Waals surface area contributed by atoms with E-state index >= 15 is 0 Å². The summed E-state index contributed by atoms with van der Waals surface area (Å²) in [5.74, 6) is 1.11. The molecule has 2 aromatic heterocycles. The largest absolute Gasteiger partial charge is 0.453 e. The summed E-state index contributed by atoms with van der Waals surface area (Å²) < 4.78 is 10.8. The summed E-state index contributed by atoms with van der Waals surface area (Å²) in [4.78, 5) is 10.4. The van der Waals surface area contributed by atoms with E-state index < -0.39 is 0 Å². The molecule has 0 radical (unpaired) electrons. The Labute approximate surface area is 108 Å². The highest BCUT2D eigenvalue weighted by Crippen LogP contribution is 2.28. The molecule has 0 saturated carbocycles. The van der Waals surface area contributed by atoms with Gasteiger partial charge in [-0.25, -0.2) is 4.98 Å². The summed E-state index contributed by atoms with van der Waals surface area (Å²) >= 11 is 5.91. The van der Waals surface area contributed by atoms with Crippen LogP contribution in [-0.4, -0.2) is 41.4 Å². The van der Waals surface area contributed by atoms with Gasteiger partial charge < -0.3 is 19.2 Å². The molecular weight excluding hydrogens is 258 g/mol. The van der Waals surface area contributed by atoms with Crippen LogP contribution in [0.15, 0.2) is 10.5 Å². The van der Waals surface area contributed by atoms with Gasteiger partial charge >= 0.3 is 0 Å². The Kier molecular flexibility index (Phi) is 3.07. The quantitative estimate of drug-likeness (QED) is 0.826. The topological polar surface area (TPSA) is 71.6 Å². The molecule has 1 aliphatic heterocycles. The standard InChI is InChI=1S/C11H12ClN3O3/c12-11-13-8-5-7(6-16)18-9(8)10(14-11)15-1-3-17-4-2-15/h5,16H,1-4,6H2. The number of hydrogen-bond acceptors (Lipinski definition) is 6. The number of aromatic nitrogens is 2. The Hall–Kier alpha value is -1.37. The molecular formula is C11H12ClN3O3. The second-order valence-corrected chi connectivity index (χ2v) is 4.34. The summed E-state index contributed by atoms with van der Waals surface area (Å²) in [7, 11) is 0. The van der Waals surface area contributed by atoms with Crippen molar-refractivity contribution in [1.82, 2.24) is 9.97 Å². The molecule has 3 heterocycles. The van der Waals surface area contributed by atoms with Crippen molar-refractivity contribution in [2.45, 2.75) is 6.61 Å². The summed E-state index contributed by atoms with van der Waals surface area (Å²) in [6.07, 6.45) is 0. The molecule has 18 heavy (non-hydrogen) atoms. The van der Waals surface area contributed by atoms with Crippen LogP contribution in [0.5, 0.6) is 0 Å². The maximum atomic E-state index is 9.10. The van der Waals surface area contributed by atoms with Crippen LogP contribution in [0.3, 0.4) is 0 Å². The molecule has 1 aliphatic rings. The van der Waals surface area contributed by atoms with Crippen molar-refractivity contribution in [1.29, 1.82) is 0 Å². The Morgan fingerprint density at radius 1 is 1.33 bits per heavy atom. The number of halogens is 1. The molecule has 0 atom stereocenters. The lowest BCUT2D eigenvalue weighted by atomic mass is 10.3. The van der Waals surface area contributed by atoms with Gasteiger partial charge in [0.2, 0.25) is 5.28 Å². The number of nitrogens with zero attached hydrogens (tertiary/aromatic N) is 3. The van der Waals surface area contributed by atoms with Gasteiger partial charge in [0.15, 0.2) is 11.4 Å². The van der Waals surface area contributed by atoms with Crippen LogP contribution < -0.4 is 4.90 Å². The molecule has 96 valence electrons. The van der Waals surface area contributed by atoms with E-state index in [4.69, 9.17) is 25.9 Å². The van der Waals surface area contributed by atoms with Crippen LogP contribution in [0, 0.1) is 0 Å². The van der Waals surface area contributed by atoms with Gasteiger partial charge in [0.25, 0.3) is 0 Å². The average Bonchev–Trinajstić information content (AvgIpc) is 2.81. The zero-order valence-electron chi connectivity index (χ0n) is 9.60. The molecule has 1 saturated heterocycles. The fourth-order valence-corrected chi connectivity index (χ4v) is 2.18. The van der Waals surface area contributed by atoms with Crippen molar-refractivity contribution >= 4 is 28.5 Å². The second kappa shape index (κ2) is 4.72. The first-order valence-corrected chi connectivity index (χ1v) is 6.05. The number of aliphatic hydroxyl groups is 1. The Bertz CT molecular complexity index is 566. The summed E-state index contributed by atoms with van der Waals surface area (Å²) in [6.45, 7) is 2.60. The molecule has 0 bridgehead atoms. The number of hydrogen-bond donors (Lipinski definition) is 1. The highest BCUT2D eigenvalue weighted by Gasteiger charge is 2.20. The van der Waals surface area contributed by atoms with Crippen LogP contribution in [0.25, 0.3) is 11.1 Å². The molecule has 3 rings (SSSR count).